The van der Waals surface area contributed by atoms with E-state index in [1.54, 1.807) is 18.2 Å². The smallest absolute Gasteiger partial charge is 0.166 e. The van der Waals surface area contributed by atoms with E-state index >= 15 is 0 Å². The van der Waals surface area contributed by atoms with Gasteiger partial charge in [0.25, 0.3) is 0 Å². The predicted octanol–water partition coefficient (Wildman–Crippen LogP) is 3.66. The molecule has 0 bridgehead atoms. The van der Waals surface area contributed by atoms with E-state index in [4.69, 9.17) is 0 Å². The van der Waals surface area contributed by atoms with Gasteiger partial charge in [0.1, 0.15) is 0 Å². The van der Waals surface area contributed by atoms with Gasteiger partial charge in [0.05, 0.1) is 5.56 Å². The fraction of sp³-hybridized carbons (Fsp3) is 0.0909. The summed E-state index contributed by atoms with van der Waals surface area (Å²) in [5.41, 5.74) is -0.632. The first kappa shape index (κ1) is 9.06. The first-order valence-corrected chi connectivity index (χ1v) is 4.05. The van der Waals surface area contributed by atoms with E-state index in [1.165, 1.54) is 6.07 Å². The molecule has 0 saturated carbocycles. The van der Waals surface area contributed by atoms with Crippen LogP contribution in [0.4, 0.5) is 13.2 Å². The lowest BCUT2D eigenvalue weighted by atomic mass is 10.1. The Morgan fingerprint density at radius 3 is 2.57 bits per heavy atom. The van der Waals surface area contributed by atoms with E-state index in [1.807, 2.05) is 0 Å². The second-order valence-electron chi connectivity index (χ2n) is 2.97. The number of benzene rings is 2. The molecule has 14 heavy (non-hydrogen) atoms. The number of rotatable bonds is 0. The average molecular weight is 195 g/mol. The standard InChI is InChI=1S/C11H6F3/c12-11(13,14)10-6-5-8-3-1-2-4-9(8)7-10/h1-3,5-7H. The van der Waals surface area contributed by atoms with Crippen LogP contribution in [-0.2, 0) is 6.18 Å². The fourth-order valence-electron chi connectivity index (χ4n) is 1.29. The van der Waals surface area contributed by atoms with E-state index in [0.29, 0.717) is 5.39 Å². The van der Waals surface area contributed by atoms with Gasteiger partial charge in [0.15, 0.2) is 0 Å². The van der Waals surface area contributed by atoms with Crippen molar-refractivity contribution in [2.75, 3.05) is 0 Å². The molecule has 0 saturated heterocycles. The van der Waals surface area contributed by atoms with Gasteiger partial charge in [-0.2, -0.15) is 13.2 Å². The van der Waals surface area contributed by atoms with Crippen molar-refractivity contribution in [2.45, 2.75) is 6.18 Å². The Hall–Kier alpha value is -1.51. The summed E-state index contributed by atoms with van der Waals surface area (Å²) in [5, 5.41) is 1.25. The van der Waals surface area contributed by atoms with Gasteiger partial charge >= 0.3 is 6.18 Å². The number of halogens is 3. The van der Waals surface area contributed by atoms with Crippen molar-refractivity contribution in [3.8, 4) is 0 Å². The number of alkyl halides is 3. The van der Waals surface area contributed by atoms with Crippen molar-refractivity contribution >= 4 is 10.8 Å². The fourth-order valence-corrected chi connectivity index (χ4v) is 1.29. The second-order valence-corrected chi connectivity index (χ2v) is 2.97. The average Bonchev–Trinajstić information content (AvgIpc) is 2.16. The molecule has 0 amide bonds. The molecular formula is C11H6F3. The Morgan fingerprint density at radius 2 is 1.86 bits per heavy atom. The summed E-state index contributed by atoms with van der Waals surface area (Å²) in [5.74, 6) is 0. The Morgan fingerprint density at radius 1 is 1.07 bits per heavy atom. The highest BCUT2D eigenvalue weighted by Gasteiger charge is 2.30. The number of hydrogen-bond acceptors (Lipinski definition) is 0. The van der Waals surface area contributed by atoms with Gasteiger partial charge in [-0.05, 0) is 29.0 Å². The molecule has 0 spiro atoms. The van der Waals surface area contributed by atoms with Crippen LogP contribution in [-0.4, -0.2) is 0 Å². The van der Waals surface area contributed by atoms with Crippen LogP contribution in [0.2, 0.25) is 0 Å². The summed E-state index contributed by atoms with van der Waals surface area (Å²) in [7, 11) is 0. The zero-order chi connectivity index (χ0) is 10.2. The van der Waals surface area contributed by atoms with Crippen LogP contribution in [0.25, 0.3) is 10.8 Å². The van der Waals surface area contributed by atoms with Crippen molar-refractivity contribution in [3.63, 3.8) is 0 Å². The lowest BCUT2D eigenvalue weighted by Crippen LogP contribution is -2.04. The lowest BCUT2D eigenvalue weighted by Gasteiger charge is -2.06. The number of fused-ring (bicyclic) bond motifs is 1. The first-order valence-electron chi connectivity index (χ1n) is 4.05. The minimum atomic E-state index is -4.28. The third-order valence-corrected chi connectivity index (χ3v) is 1.99. The zero-order valence-corrected chi connectivity index (χ0v) is 7.10. The van der Waals surface area contributed by atoms with E-state index in [0.717, 1.165) is 17.5 Å². The molecule has 3 heteroatoms. The van der Waals surface area contributed by atoms with Crippen molar-refractivity contribution in [1.29, 1.82) is 0 Å². The van der Waals surface area contributed by atoms with E-state index in [-0.39, 0.29) is 0 Å². The first-order chi connectivity index (χ1) is 6.57. The zero-order valence-electron chi connectivity index (χ0n) is 7.10. The summed E-state index contributed by atoms with van der Waals surface area (Å²) in [6, 6.07) is 11.5. The molecule has 0 heterocycles. The molecule has 0 aliphatic heterocycles. The van der Waals surface area contributed by atoms with Gasteiger partial charge in [-0.15, -0.1) is 0 Å². The van der Waals surface area contributed by atoms with Gasteiger partial charge in [0.2, 0.25) is 0 Å². The molecule has 0 aromatic heterocycles. The molecule has 1 radical (unpaired) electrons. The van der Waals surface area contributed by atoms with Crippen molar-refractivity contribution in [1.82, 2.24) is 0 Å². The normalized spacial score (nSPS) is 11.9. The van der Waals surface area contributed by atoms with Crippen LogP contribution in [0.5, 0.6) is 0 Å². The third kappa shape index (κ3) is 1.58. The third-order valence-electron chi connectivity index (χ3n) is 1.99. The second kappa shape index (κ2) is 3.01. The van der Waals surface area contributed by atoms with Crippen LogP contribution in [0, 0.1) is 6.07 Å². The van der Waals surface area contributed by atoms with Gasteiger partial charge < -0.3 is 0 Å². The largest absolute Gasteiger partial charge is 0.416 e. The SMILES string of the molecule is FC(F)(F)c1ccc2ccc[c]c2c1. The van der Waals surface area contributed by atoms with Crippen LogP contribution >= 0.6 is 0 Å². The van der Waals surface area contributed by atoms with E-state index in [2.05, 4.69) is 6.07 Å². The Balaban J connectivity index is 2.63. The molecule has 0 aliphatic carbocycles. The molecule has 2 aromatic carbocycles. The lowest BCUT2D eigenvalue weighted by molar-refractivity contribution is -0.137. The van der Waals surface area contributed by atoms with Crippen LogP contribution in [0.1, 0.15) is 5.56 Å². The quantitative estimate of drug-likeness (QED) is 0.601. The van der Waals surface area contributed by atoms with Crippen LogP contribution in [0.15, 0.2) is 36.4 Å². The summed E-state index contributed by atoms with van der Waals surface area (Å²) in [6.45, 7) is 0. The predicted molar refractivity (Wildman–Crippen MR) is 47.8 cm³/mol. The maximum absolute atomic E-state index is 12.3. The minimum Gasteiger partial charge on any atom is -0.166 e. The maximum Gasteiger partial charge on any atom is 0.416 e. The molecule has 0 fully saturated rings. The highest BCUT2D eigenvalue weighted by molar-refractivity contribution is 5.82. The molecule has 0 nitrogen and oxygen atoms in total. The van der Waals surface area contributed by atoms with Crippen molar-refractivity contribution in [3.05, 3.63) is 48.0 Å². The summed E-state index contributed by atoms with van der Waals surface area (Å²) in [4.78, 5) is 0. The van der Waals surface area contributed by atoms with Crippen LogP contribution < -0.4 is 0 Å². The topological polar surface area (TPSA) is 0 Å². The van der Waals surface area contributed by atoms with E-state index in [9.17, 15) is 13.2 Å². The van der Waals surface area contributed by atoms with Gasteiger partial charge in [-0.1, -0.05) is 24.3 Å². The van der Waals surface area contributed by atoms with Gasteiger partial charge in [0, 0.05) is 0 Å². The Bertz CT molecular complexity index is 457. The molecule has 2 aromatic rings. The maximum atomic E-state index is 12.3. The highest BCUT2D eigenvalue weighted by atomic mass is 19.4. The summed E-state index contributed by atoms with van der Waals surface area (Å²) >= 11 is 0. The molecule has 2 rings (SSSR count). The molecule has 0 N–H and O–H groups in total. The van der Waals surface area contributed by atoms with Crippen LogP contribution in [0.3, 0.4) is 0 Å². The van der Waals surface area contributed by atoms with Gasteiger partial charge in [-0.25, -0.2) is 0 Å². The number of hydrogen-bond donors (Lipinski definition) is 0. The summed E-state index contributed by atoms with van der Waals surface area (Å²) in [6.07, 6.45) is -4.28. The molecular weight excluding hydrogens is 189 g/mol. The van der Waals surface area contributed by atoms with Crippen molar-refractivity contribution < 1.29 is 13.2 Å². The Kier molecular flexibility index (Phi) is 1.95. The summed E-state index contributed by atoms with van der Waals surface area (Å²) < 4.78 is 36.9. The van der Waals surface area contributed by atoms with E-state index < -0.39 is 11.7 Å². The monoisotopic (exact) mass is 195 g/mol. The Labute approximate surface area is 79.0 Å². The minimum absolute atomic E-state index is 0.488. The molecule has 0 atom stereocenters. The highest BCUT2D eigenvalue weighted by Crippen LogP contribution is 2.31. The molecule has 0 aliphatic rings. The molecule has 71 valence electrons. The molecule has 0 unspecified atom stereocenters. The van der Waals surface area contributed by atoms with Gasteiger partial charge in [-0.3, -0.25) is 0 Å². The van der Waals surface area contributed by atoms with Crippen molar-refractivity contribution in [2.24, 2.45) is 0 Å².